The summed E-state index contributed by atoms with van der Waals surface area (Å²) in [5.41, 5.74) is 14.2. The van der Waals surface area contributed by atoms with Crippen LogP contribution in [0.1, 0.15) is 23.1 Å². The summed E-state index contributed by atoms with van der Waals surface area (Å²) < 4.78 is 6.85. The van der Waals surface area contributed by atoms with Gasteiger partial charge in [-0.3, -0.25) is 0 Å². The van der Waals surface area contributed by atoms with Gasteiger partial charge in [0, 0.05) is 27.3 Å². The van der Waals surface area contributed by atoms with Gasteiger partial charge in [-0.15, -0.1) is 0 Å². The zero-order valence-electron chi connectivity index (χ0n) is 29.0. The van der Waals surface area contributed by atoms with E-state index in [-0.39, 0.29) is 0 Å². The SMILES string of the molecule is c1ccc2c(-c3cccc4oc5c(-c6cccc7ccccc67)cccc5c34)c3ccccc3c(-c3ccccc3C3=Cc4ccccc4CC3)c2c#1. The fraction of sp³-hybridized carbons (Fsp3) is 0.0385. The lowest BCUT2D eigenvalue weighted by Crippen LogP contribution is -2.00. The number of fused-ring (bicyclic) bond motifs is 7. The summed E-state index contributed by atoms with van der Waals surface area (Å²) in [5.74, 6) is 0. The van der Waals surface area contributed by atoms with Crippen molar-refractivity contribution in [2.24, 2.45) is 0 Å². The fourth-order valence-electron chi connectivity index (χ4n) is 8.92. The van der Waals surface area contributed by atoms with Crippen LogP contribution in [0.5, 0.6) is 0 Å². The standard InChI is InChI=1S/C52H32O/c1-2-16-35-32-36(31-30-33(35)14-1)38-19-5-6-20-40(38)49-41-21-7-9-23-43(41)50(44-24-10-8-22-42(44)49)46-27-13-29-48-51(46)47-28-12-26-45(52(47)53-48)39-25-11-17-34-15-3-4-18-37(34)39/h1-7,9-21,23-29,32H,30-31H2. The summed E-state index contributed by atoms with van der Waals surface area (Å²) in [4.78, 5) is 0. The number of hydrogen-bond donors (Lipinski definition) is 0. The number of benzene rings is 8. The first-order chi connectivity index (χ1) is 26.3. The highest BCUT2D eigenvalue weighted by Gasteiger charge is 2.23. The molecule has 1 aliphatic rings. The van der Waals surface area contributed by atoms with Crippen LogP contribution < -0.4 is 0 Å². The molecule has 53 heavy (non-hydrogen) atoms. The van der Waals surface area contributed by atoms with Gasteiger partial charge in [0.25, 0.3) is 0 Å². The smallest absolute Gasteiger partial charge is 0.143 e. The molecule has 246 valence electrons. The molecule has 1 aliphatic carbocycles. The fourth-order valence-corrected chi connectivity index (χ4v) is 8.92. The zero-order chi connectivity index (χ0) is 34.9. The molecule has 1 aromatic heterocycles. The Morgan fingerprint density at radius 3 is 2.04 bits per heavy atom. The molecular formula is C52H32O. The first-order valence-electron chi connectivity index (χ1n) is 18.4. The Labute approximate surface area is 308 Å². The Morgan fingerprint density at radius 1 is 0.453 bits per heavy atom. The number of hydrogen-bond acceptors (Lipinski definition) is 1. The lowest BCUT2D eigenvalue weighted by Gasteiger charge is -2.22. The molecule has 0 radical (unpaired) electrons. The second-order valence-electron chi connectivity index (χ2n) is 14.1. The Kier molecular flexibility index (Phi) is 6.66. The molecule has 0 amide bonds. The van der Waals surface area contributed by atoms with Crippen molar-refractivity contribution in [3.8, 4) is 33.4 Å². The van der Waals surface area contributed by atoms with E-state index in [1.165, 1.54) is 66.1 Å². The minimum atomic E-state index is 0.882. The minimum absolute atomic E-state index is 0.882. The largest absolute Gasteiger partial charge is 0.455 e. The van der Waals surface area contributed by atoms with Crippen molar-refractivity contribution in [3.05, 3.63) is 193 Å². The molecule has 0 atom stereocenters. The molecule has 1 heteroatoms. The molecular weight excluding hydrogens is 641 g/mol. The number of furan rings is 1. The minimum Gasteiger partial charge on any atom is -0.455 e. The Balaban J connectivity index is 1.19. The number of para-hydroxylation sites is 1. The third kappa shape index (κ3) is 4.60. The van der Waals surface area contributed by atoms with Crippen molar-refractivity contribution in [2.45, 2.75) is 12.8 Å². The third-order valence-corrected chi connectivity index (χ3v) is 11.2. The van der Waals surface area contributed by atoms with Gasteiger partial charge in [-0.1, -0.05) is 164 Å². The summed E-state index contributed by atoms with van der Waals surface area (Å²) in [6.07, 6.45) is 4.44. The van der Waals surface area contributed by atoms with Crippen LogP contribution in [0, 0.1) is 12.1 Å². The van der Waals surface area contributed by atoms with Crippen LogP contribution in [0.3, 0.4) is 0 Å². The maximum atomic E-state index is 6.85. The second kappa shape index (κ2) is 11.8. The van der Waals surface area contributed by atoms with Crippen LogP contribution in [0.4, 0.5) is 0 Å². The van der Waals surface area contributed by atoms with Crippen LogP contribution in [-0.2, 0) is 6.42 Å². The third-order valence-electron chi connectivity index (χ3n) is 11.2. The van der Waals surface area contributed by atoms with Crippen LogP contribution in [0.15, 0.2) is 168 Å². The van der Waals surface area contributed by atoms with Gasteiger partial charge in [0.2, 0.25) is 0 Å². The van der Waals surface area contributed by atoms with Crippen molar-refractivity contribution in [1.82, 2.24) is 0 Å². The van der Waals surface area contributed by atoms with E-state index in [0.717, 1.165) is 56.7 Å². The first-order valence-corrected chi connectivity index (χ1v) is 18.4. The monoisotopic (exact) mass is 672 g/mol. The maximum Gasteiger partial charge on any atom is 0.143 e. The first kappa shape index (κ1) is 29.8. The molecule has 0 unspecified atom stereocenters. The Hall–Kier alpha value is -6.88. The van der Waals surface area contributed by atoms with E-state index in [1.807, 2.05) is 6.07 Å². The van der Waals surface area contributed by atoms with Gasteiger partial charge in [0.15, 0.2) is 0 Å². The van der Waals surface area contributed by atoms with Crippen LogP contribution in [0.2, 0.25) is 0 Å². The number of aryl methyl sites for hydroxylation is 1. The van der Waals surface area contributed by atoms with E-state index in [1.54, 1.807) is 0 Å². The van der Waals surface area contributed by atoms with E-state index in [0.29, 0.717) is 0 Å². The molecule has 0 aliphatic heterocycles. The molecule has 9 aromatic carbocycles. The van der Waals surface area contributed by atoms with Gasteiger partial charge in [-0.2, -0.15) is 0 Å². The molecule has 1 heterocycles. The van der Waals surface area contributed by atoms with Crippen molar-refractivity contribution >= 4 is 65.9 Å². The van der Waals surface area contributed by atoms with E-state index >= 15 is 0 Å². The molecule has 11 rings (SSSR count). The molecule has 0 fully saturated rings. The quantitative estimate of drug-likeness (QED) is 0.181. The lowest BCUT2D eigenvalue weighted by atomic mass is 9.81. The molecule has 1 nitrogen and oxygen atoms in total. The summed E-state index contributed by atoms with van der Waals surface area (Å²) in [6, 6.07) is 66.0. The summed E-state index contributed by atoms with van der Waals surface area (Å²) in [7, 11) is 0. The molecule has 0 saturated heterocycles. The lowest BCUT2D eigenvalue weighted by molar-refractivity contribution is 0.670. The molecule has 0 spiro atoms. The van der Waals surface area contributed by atoms with Gasteiger partial charge in [0.1, 0.15) is 11.2 Å². The van der Waals surface area contributed by atoms with Crippen molar-refractivity contribution in [2.75, 3.05) is 0 Å². The predicted molar refractivity (Wildman–Crippen MR) is 223 cm³/mol. The van der Waals surface area contributed by atoms with Crippen LogP contribution in [-0.4, -0.2) is 0 Å². The summed E-state index contributed by atoms with van der Waals surface area (Å²) in [5, 5.41) is 9.32. The molecule has 0 N–H and O–H groups in total. The molecule has 0 saturated carbocycles. The van der Waals surface area contributed by atoms with Gasteiger partial charge in [-0.25, -0.2) is 0 Å². The average Bonchev–Trinajstić information content (AvgIpc) is 3.62. The van der Waals surface area contributed by atoms with Crippen molar-refractivity contribution < 1.29 is 4.42 Å². The van der Waals surface area contributed by atoms with Gasteiger partial charge in [0.05, 0.1) is 0 Å². The van der Waals surface area contributed by atoms with Crippen molar-refractivity contribution in [1.29, 1.82) is 0 Å². The zero-order valence-corrected chi connectivity index (χ0v) is 29.0. The van der Waals surface area contributed by atoms with Gasteiger partial charge >= 0.3 is 0 Å². The average molecular weight is 673 g/mol. The van der Waals surface area contributed by atoms with Gasteiger partial charge < -0.3 is 4.42 Å². The van der Waals surface area contributed by atoms with Crippen molar-refractivity contribution in [3.63, 3.8) is 0 Å². The summed E-state index contributed by atoms with van der Waals surface area (Å²) >= 11 is 0. The topological polar surface area (TPSA) is 13.1 Å². The van der Waals surface area contributed by atoms with Crippen LogP contribution in [0.25, 0.3) is 99.3 Å². The van der Waals surface area contributed by atoms with Crippen LogP contribution >= 0.6 is 0 Å². The predicted octanol–water partition coefficient (Wildman–Crippen LogP) is 14.1. The van der Waals surface area contributed by atoms with E-state index in [2.05, 4.69) is 176 Å². The van der Waals surface area contributed by atoms with E-state index in [4.69, 9.17) is 4.42 Å². The summed E-state index contributed by atoms with van der Waals surface area (Å²) in [6.45, 7) is 0. The highest BCUT2D eigenvalue weighted by atomic mass is 16.3. The number of rotatable bonds is 4. The van der Waals surface area contributed by atoms with E-state index in [9.17, 15) is 0 Å². The highest BCUT2D eigenvalue weighted by molar-refractivity contribution is 6.26. The van der Waals surface area contributed by atoms with Gasteiger partial charge in [-0.05, 0) is 102 Å². The maximum absolute atomic E-state index is 6.85. The molecule has 10 aromatic rings. The number of allylic oxidation sites excluding steroid dienone is 1. The Bertz CT molecular complexity index is 3060. The molecule has 0 bridgehead atoms. The highest BCUT2D eigenvalue weighted by Crippen LogP contribution is 2.49. The van der Waals surface area contributed by atoms with E-state index < -0.39 is 0 Å². The Morgan fingerprint density at radius 2 is 1.11 bits per heavy atom. The second-order valence-corrected chi connectivity index (χ2v) is 14.1. The normalized spacial score (nSPS) is 12.7.